The Labute approximate surface area is 135 Å². The zero-order valence-electron chi connectivity index (χ0n) is 13.0. The molecule has 118 valence electrons. The molecular weight excluding hydrogens is 292 g/mol. The number of carboxylic acid groups (broad SMARTS) is 1. The maximum absolute atomic E-state index is 11.7. The summed E-state index contributed by atoms with van der Waals surface area (Å²) in [7, 11) is 1.60. The van der Waals surface area contributed by atoms with E-state index < -0.39 is 5.97 Å². The zero-order chi connectivity index (χ0) is 16.4. The average Bonchev–Trinajstić information content (AvgIpc) is 2.93. The molecule has 4 nitrogen and oxygen atoms in total. The highest BCUT2D eigenvalue weighted by Gasteiger charge is 2.40. The predicted octanol–water partition coefficient (Wildman–Crippen LogP) is 3.91. The van der Waals surface area contributed by atoms with Crippen LogP contribution in [0.4, 0.5) is 0 Å². The van der Waals surface area contributed by atoms with Crippen molar-refractivity contribution in [2.45, 2.75) is 18.9 Å². The molecule has 0 spiro atoms. The van der Waals surface area contributed by atoms with E-state index in [1.807, 2.05) is 54.6 Å². The third-order valence-electron chi connectivity index (χ3n) is 4.13. The number of hydrogen-bond donors (Lipinski definition) is 1. The van der Waals surface area contributed by atoms with Gasteiger partial charge in [0.25, 0.3) is 0 Å². The molecule has 0 amide bonds. The van der Waals surface area contributed by atoms with Crippen molar-refractivity contribution in [3.8, 4) is 5.75 Å². The summed E-state index contributed by atoms with van der Waals surface area (Å²) in [5.41, 5.74) is 2.17. The van der Waals surface area contributed by atoms with Gasteiger partial charge in [0.05, 0.1) is 18.6 Å². The van der Waals surface area contributed by atoms with Crippen molar-refractivity contribution in [1.82, 2.24) is 0 Å². The molecule has 0 unspecified atom stereocenters. The Hall–Kier alpha value is -2.75. The minimum absolute atomic E-state index is 0.309. The number of ether oxygens (including phenoxy) is 2. The third-order valence-corrected chi connectivity index (χ3v) is 4.13. The van der Waals surface area contributed by atoms with Gasteiger partial charge in [0.15, 0.2) is 0 Å². The molecule has 0 aliphatic carbocycles. The molecule has 1 heterocycles. The highest BCUT2D eigenvalue weighted by molar-refractivity contribution is 5.90. The van der Waals surface area contributed by atoms with Crippen molar-refractivity contribution >= 4 is 5.97 Å². The molecule has 0 saturated carbocycles. The van der Waals surface area contributed by atoms with Crippen molar-refractivity contribution in [3.63, 3.8) is 0 Å². The Balaban J connectivity index is 2.06. The Morgan fingerprint density at radius 2 is 1.70 bits per heavy atom. The van der Waals surface area contributed by atoms with Crippen molar-refractivity contribution in [3.05, 3.63) is 77.1 Å². The molecule has 2 aromatic carbocycles. The van der Waals surface area contributed by atoms with Crippen LogP contribution in [0.5, 0.6) is 5.75 Å². The fourth-order valence-electron chi connectivity index (χ4n) is 3.03. The van der Waals surface area contributed by atoms with E-state index in [4.69, 9.17) is 9.47 Å². The second kappa shape index (κ2) is 6.16. The van der Waals surface area contributed by atoms with E-state index in [1.54, 1.807) is 14.0 Å². The van der Waals surface area contributed by atoms with Crippen LogP contribution in [-0.2, 0) is 9.53 Å². The smallest absolute Gasteiger partial charge is 0.335 e. The topological polar surface area (TPSA) is 55.8 Å². The second-order valence-electron chi connectivity index (χ2n) is 5.47. The van der Waals surface area contributed by atoms with E-state index in [0.29, 0.717) is 11.3 Å². The molecule has 2 atom stereocenters. The SMILES string of the molecule is COc1ccc([C@@H]2C(C(=O)O)=C(C)O[C@@H]2c2ccccc2)cc1. The lowest BCUT2D eigenvalue weighted by Crippen LogP contribution is -2.14. The van der Waals surface area contributed by atoms with Gasteiger partial charge in [-0.1, -0.05) is 42.5 Å². The number of rotatable bonds is 4. The Morgan fingerprint density at radius 1 is 1.04 bits per heavy atom. The summed E-state index contributed by atoms with van der Waals surface area (Å²) in [4.78, 5) is 11.7. The van der Waals surface area contributed by atoms with Gasteiger partial charge in [0.1, 0.15) is 17.6 Å². The maximum atomic E-state index is 11.7. The summed E-state index contributed by atoms with van der Waals surface area (Å²) in [5.74, 6) is -0.0868. The number of hydrogen-bond acceptors (Lipinski definition) is 3. The van der Waals surface area contributed by atoms with E-state index >= 15 is 0 Å². The Bertz CT molecular complexity index is 732. The summed E-state index contributed by atoms with van der Waals surface area (Å²) in [5, 5.41) is 9.62. The number of aliphatic carboxylic acids is 1. The highest BCUT2D eigenvalue weighted by Crippen LogP contribution is 2.47. The number of benzene rings is 2. The van der Waals surface area contributed by atoms with Crippen LogP contribution in [-0.4, -0.2) is 18.2 Å². The van der Waals surface area contributed by atoms with E-state index in [9.17, 15) is 9.90 Å². The van der Waals surface area contributed by atoms with Crippen LogP contribution in [0.2, 0.25) is 0 Å². The van der Waals surface area contributed by atoms with Crippen LogP contribution in [0.15, 0.2) is 65.9 Å². The maximum Gasteiger partial charge on any atom is 0.335 e. The number of carboxylic acids is 1. The molecule has 4 heteroatoms. The van der Waals surface area contributed by atoms with Gasteiger partial charge >= 0.3 is 5.97 Å². The normalized spacial score (nSPS) is 20.3. The first-order chi connectivity index (χ1) is 11.1. The predicted molar refractivity (Wildman–Crippen MR) is 86.3 cm³/mol. The van der Waals surface area contributed by atoms with Gasteiger partial charge in [-0.25, -0.2) is 4.79 Å². The van der Waals surface area contributed by atoms with Crippen LogP contribution in [0.1, 0.15) is 30.1 Å². The largest absolute Gasteiger partial charge is 0.497 e. The molecule has 0 bridgehead atoms. The van der Waals surface area contributed by atoms with E-state index in [2.05, 4.69) is 0 Å². The molecule has 0 saturated heterocycles. The van der Waals surface area contributed by atoms with Gasteiger partial charge < -0.3 is 14.6 Å². The molecule has 2 aromatic rings. The first-order valence-corrected chi connectivity index (χ1v) is 7.41. The molecule has 0 fully saturated rings. The van der Waals surface area contributed by atoms with Gasteiger partial charge in [-0.2, -0.15) is 0 Å². The third kappa shape index (κ3) is 2.80. The average molecular weight is 310 g/mol. The number of carbonyl (C=O) groups is 1. The first kappa shape index (κ1) is 15.2. The summed E-state index contributed by atoms with van der Waals surface area (Å²) < 4.78 is 11.1. The fraction of sp³-hybridized carbons (Fsp3) is 0.211. The van der Waals surface area contributed by atoms with Gasteiger partial charge in [-0.15, -0.1) is 0 Å². The first-order valence-electron chi connectivity index (χ1n) is 7.41. The zero-order valence-corrected chi connectivity index (χ0v) is 13.0. The summed E-state index contributed by atoms with van der Waals surface area (Å²) in [6.07, 6.45) is -0.337. The second-order valence-corrected chi connectivity index (χ2v) is 5.47. The van der Waals surface area contributed by atoms with Crippen LogP contribution in [0.3, 0.4) is 0 Å². The van der Waals surface area contributed by atoms with Gasteiger partial charge in [0.2, 0.25) is 0 Å². The van der Waals surface area contributed by atoms with E-state index in [-0.39, 0.29) is 12.0 Å². The molecule has 1 N–H and O–H groups in total. The minimum Gasteiger partial charge on any atom is -0.497 e. The van der Waals surface area contributed by atoms with E-state index in [0.717, 1.165) is 16.9 Å². The fourth-order valence-corrected chi connectivity index (χ4v) is 3.03. The van der Waals surface area contributed by atoms with Crippen molar-refractivity contribution < 1.29 is 19.4 Å². The summed E-state index contributed by atoms with van der Waals surface area (Å²) >= 11 is 0. The molecule has 3 rings (SSSR count). The number of methoxy groups -OCH3 is 1. The lowest BCUT2D eigenvalue weighted by Gasteiger charge is -2.21. The standard InChI is InChI=1S/C19H18O4/c1-12-16(19(20)21)17(13-8-10-15(22-2)11-9-13)18(23-12)14-6-4-3-5-7-14/h3-11,17-18H,1-2H3,(H,20,21)/t17-,18-/m1/s1. The summed E-state index contributed by atoms with van der Waals surface area (Å²) in [6, 6.07) is 17.2. The number of allylic oxidation sites excluding steroid dienone is 1. The molecule has 1 aliphatic rings. The van der Waals surface area contributed by atoms with E-state index in [1.165, 1.54) is 0 Å². The van der Waals surface area contributed by atoms with Crippen LogP contribution in [0.25, 0.3) is 0 Å². The highest BCUT2D eigenvalue weighted by atomic mass is 16.5. The van der Waals surface area contributed by atoms with Crippen LogP contribution < -0.4 is 4.74 Å². The molecule has 1 aliphatic heterocycles. The van der Waals surface area contributed by atoms with Gasteiger partial charge in [0, 0.05) is 0 Å². The monoisotopic (exact) mass is 310 g/mol. The van der Waals surface area contributed by atoms with Gasteiger partial charge in [-0.3, -0.25) is 0 Å². The molecule has 0 radical (unpaired) electrons. The van der Waals surface area contributed by atoms with Gasteiger partial charge in [-0.05, 0) is 30.2 Å². The Morgan fingerprint density at radius 3 is 2.26 bits per heavy atom. The summed E-state index contributed by atoms with van der Waals surface area (Å²) in [6.45, 7) is 1.71. The lowest BCUT2D eigenvalue weighted by atomic mass is 9.84. The molecular formula is C19H18O4. The lowest BCUT2D eigenvalue weighted by molar-refractivity contribution is -0.133. The minimum atomic E-state index is -0.943. The quantitative estimate of drug-likeness (QED) is 0.930. The molecule has 0 aromatic heterocycles. The van der Waals surface area contributed by atoms with Crippen LogP contribution >= 0.6 is 0 Å². The van der Waals surface area contributed by atoms with Crippen molar-refractivity contribution in [2.75, 3.05) is 7.11 Å². The van der Waals surface area contributed by atoms with Crippen molar-refractivity contribution in [1.29, 1.82) is 0 Å². The van der Waals surface area contributed by atoms with Crippen LogP contribution in [0, 0.1) is 0 Å². The molecule has 23 heavy (non-hydrogen) atoms. The van der Waals surface area contributed by atoms with Crippen molar-refractivity contribution in [2.24, 2.45) is 0 Å². The Kier molecular flexibility index (Phi) is 4.06.